The van der Waals surface area contributed by atoms with Gasteiger partial charge >= 0.3 is 5.97 Å². The van der Waals surface area contributed by atoms with Gasteiger partial charge in [-0.05, 0) is 12.1 Å². The van der Waals surface area contributed by atoms with Crippen molar-refractivity contribution in [2.24, 2.45) is 0 Å². The number of nitrogens with zero attached hydrogens (tertiary/aromatic N) is 3. The van der Waals surface area contributed by atoms with E-state index in [-0.39, 0.29) is 17.3 Å². The predicted molar refractivity (Wildman–Crippen MR) is 56.5 cm³/mol. The summed E-state index contributed by atoms with van der Waals surface area (Å²) >= 11 is 0. The van der Waals surface area contributed by atoms with Crippen molar-refractivity contribution >= 4 is 17.7 Å². The topological polar surface area (TPSA) is 88.0 Å². The molecule has 7 heteroatoms. The summed E-state index contributed by atoms with van der Waals surface area (Å²) in [6.45, 7) is 0. The van der Waals surface area contributed by atoms with E-state index in [1.807, 2.05) is 0 Å². The van der Waals surface area contributed by atoms with E-state index < -0.39 is 11.8 Å². The van der Waals surface area contributed by atoms with Gasteiger partial charge in [-0.3, -0.25) is 0 Å². The molecule has 0 aromatic carbocycles. The normalized spacial score (nSPS) is 9.94. The Morgan fingerprint density at radius 1 is 1.29 bits per heavy atom. The van der Waals surface area contributed by atoms with Crippen LogP contribution < -0.4 is 5.32 Å². The van der Waals surface area contributed by atoms with Gasteiger partial charge in [-0.15, -0.1) is 0 Å². The fourth-order valence-electron chi connectivity index (χ4n) is 1.16. The van der Waals surface area contributed by atoms with Gasteiger partial charge in [0, 0.05) is 6.20 Å². The number of hydrogen-bond donors (Lipinski definition) is 2. The van der Waals surface area contributed by atoms with Crippen molar-refractivity contribution in [3.8, 4) is 0 Å². The highest BCUT2D eigenvalue weighted by Crippen LogP contribution is 2.14. The van der Waals surface area contributed by atoms with Crippen LogP contribution in [-0.2, 0) is 0 Å². The summed E-state index contributed by atoms with van der Waals surface area (Å²) in [5.41, 5.74) is -0.0135. The molecule has 0 atom stereocenters. The third-order valence-electron chi connectivity index (χ3n) is 1.89. The molecule has 0 spiro atoms. The summed E-state index contributed by atoms with van der Waals surface area (Å²) in [4.78, 5) is 22.0. The van der Waals surface area contributed by atoms with E-state index in [0.29, 0.717) is 0 Å². The number of hydrogen-bond acceptors (Lipinski definition) is 5. The van der Waals surface area contributed by atoms with E-state index >= 15 is 0 Å². The van der Waals surface area contributed by atoms with Crippen LogP contribution >= 0.6 is 0 Å². The molecule has 0 aliphatic rings. The lowest BCUT2D eigenvalue weighted by Crippen LogP contribution is -2.06. The molecule has 0 saturated heterocycles. The highest BCUT2D eigenvalue weighted by atomic mass is 19.1. The number of aromatic nitrogens is 3. The molecule has 0 saturated carbocycles. The van der Waals surface area contributed by atoms with Gasteiger partial charge < -0.3 is 10.4 Å². The quantitative estimate of drug-likeness (QED) is 0.835. The minimum Gasteiger partial charge on any atom is -0.478 e. The summed E-state index contributed by atoms with van der Waals surface area (Å²) < 4.78 is 12.6. The maximum atomic E-state index is 12.6. The van der Waals surface area contributed by atoms with Crippen molar-refractivity contribution < 1.29 is 14.3 Å². The molecule has 0 unspecified atom stereocenters. The van der Waals surface area contributed by atoms with Gasteiger partial charge in [0.1, 0.15) is 11.4 Å². The van der Waals surface area contributed by atoms with Crippen LogP contribution in [0.3, 0.4) is 0 Å². The fourth-order valence-corrected chi connectivity index (χ4v) is 1.16. The second-order valence-electron chi connectivity index (χ2n) is 3.05. The standard InChI is InChI=1S/C10H7FN4O2/c11-6-4-13-10(14-5-6)15-8-7(9(16)17)2-1-3-12-8/h1-5H,(H,16,17)(H,12,13,14,15). The molecule has 0 radical (unpaired) electrons. The lowest BCUT2D eigenvalue weighted by atomic mass is 10.2. The molecule has 0 fully saturated rings. The first-order valence-electron chi connectivity index (χ1n) is 4.59. The summed E-state index contributed by atoms with van der Waals surface area (Å²) in [5, 5.41) is 11.5. The van der Waals surface area contributed by atoms with Crippen LogP contribution in [0.15, 0.2) is 30.7 Å². The highest BCUT2D eigenvalue weighted by Gasteiger charge is 2.11. The second kappa shape index (κ2) is 4.52. The number of aromatic carboxylic acids is 1. The maximum Gasteiger partial charge on any atom is 0.339 e. The van der Waals surface area contributed by atoms with Crippen LogP contribution in [0, 0.1) is 5.82 Å². The average molecular weight is 234 g/mol. The van der Waals surface area contributed by atoms with Gasteiger partial charge in [0.2, 0.25) is 5.95 Å². The molecule has 6 nitrogen and oxygen atoms in total. The van der Waals surface area contributed by atoms with E-state index in [9.17, 15) is 9.18 Å². The van der Waals surface area contributed by atoms with E-state index in [4.69, 9.17) is 5.11 Å². The third kappa shape index (κ3) is 2.51. The van der Waals surface area contributed by atoms with Crippen molar-refractivity contribution in [1.82, 2.24) is 15.0 Å². The zero-order valence-corrected chi connectivity index (χ0v) is 8.46. The van der Waals surface area contributed by atoms with Gasteiger partial charge in [-0.1, -0.05) is 0 Å². The smallest absolute Gasteiger partial charge is 0.339 e. The molecular formula is C10H7FN4O2. The minimum atomic E-state index is -1.12. The molecule has 2 aromatic rings. The molecule has 86 valence electrons. The molecule has 17 heavy (non-hydrogen) atoms. The molecule has 0 bridgehead atoms. The summed E-state index contributed by atoms with van der Waals surface area (Å²) in [7, 11) is 0. The van der Waals surface area contributed by atoms with Gasteiger partial charge in [0.15, 0.2) is 5.82 Å². The Morgan fingerprint density at radius 2 is 2.00 bits per heavy atom. The number of anilines is 2. The number of carboxylic acids is 1. The molecule has 2 rings (SSSR count). The third-order valence-corrected chi connectivity index (χ3v) is 1.89. The minimum absolute atomic E-state index is 0.0135. The lowest BCUT2D eigenvalue weighted by molar-refractivity contribution is 0.0697. The maximum absolute atomic E-state index is 12.6. The number of carbonyl (C=O) groups is 1. The zero-order valence-electron chi connectivity index (χ0n) is 8.46. The summed E-state index contributed by atoms with van der Waals surface area (Å²) in [5.74, 6) is -1.52. The van der Waals surface area contributed by atoms with Gasteiger partial charge in [-0.25, -0.2) is 24.1 Å². The Kier molecular flexibility index (Phi) is 2.91. The van der Waals surface area contributed by atoms with Crippen molar-refractivity contribution in [2.45, 2.75) is 0 Å². The van der Waals surface area contributed by atoms with Crippen LogP contribution in [0.4, 0.5) is 16.2 Å². The number of nitrogens with one attached hydrogen (secondary N) is 1. The first-order chi connectivity index (χ1) is 8.16. The second-order valence-corrected chi connectivity index (χ2v) is 3.05. The average Bonchev–Trinajstić information content (AvgIpc) is 2.32. The Morgan fingerprint density at radius 3 is 2.65 bits per heavy atom. The SMILES string of the molecule is O=C(O)c1cccnc1Nc1ncc(F)cn1. The van der Waals surface area contributed by atoms with Crippen molar-refractivity contribution in [1.29, 1.82) is 0 Å². The summed E-state index contributed by atoms with van der Waals surface area (Å²) in [6.07, 6.45) is 3.37. The number of pyridine rings is 1. The van der Waals surface area contributed by atoms with E-state index in [1.165, 1.54) is 18.3 Å². The Bertz CT molecular complexity index is 544. The molecule has 2 N–H and O–H groups in total. The van der Waals surface area contributed by atoms with Crippen LogP contribution in [0.5, 0.6) is 0 Å². The Labute approximate surface area is 95.2 Å². The van der Waals surface area contributed by atoms with E-state index in [1.54, 1.807) is 0 Å². The fraction of sp³-hybridized carbons (Fsp3) is 0. The monoisotopic (exact) mass is 234 g/mol. The van der Waals surface area contributed by atoms with Gasteiger partial charge in [0.05, 0.1) is 12.4 Å². The molecule has 0 aliphatic heterocycles. The van der Waals surface area contributed by atoms with Gasteiger partial charge in [0.25, 0.3) is 0 Å². The van der Waals surface area contributed by atoms with Crippen LogP contribution in [-0.4, -0.2) is 26.0 Å². The van der Waals surface area contributed by atoms with E-state index in [2.05, 4.69) is 20.3 Å². The molecular weight excluding hydrogens is 227 g/mol. The van der Waals surface area contributed by atoms with Crippen molar-refractivity contribution in [3.05, 3.63) is 42.1 Å². The first-order valence-corrected chi connectivity index (χ1v) is 4.59. The van der Waals surface area contributed by atoms with Crippen LogP contribution in [0.1, 0.15) is 10.4 Å². The lowest BCUT2D eigenvalue weighted by Gasteiger charge is -2.05. The molecule has 0 amide bonds. The zero-order chi connectivity index (χ0) is 12.3. The summed E-state index contributed by atoms with van der Waals surface area (Å²) in [6, 6.07) is 2.89. The molecule has 0 aliphatic carbocycles. The van der Waals surface area contributed by atoms with Crippen LogP contribution in [0.25, 0.3) is 0 Å². The van der Waals surface area contributed by atoms with E-state index in [0.717, 1.165) is 12.4 Å². The largest absolute Gasteiger partial charge is 0.478 e. The number of rotatable bonds is 3. The Balaban J connectivity index is 2.30. The number of halogens is 1. The van der Waals surface area contributed by atoms with Crippen molar-refractivity contribution in [3.63, 3.8) is 0 Å². The first kappa shape index (κ1) is 10.9. The number of carboxylic acid groups (broad SMARTS) is 1. The molecule has 2 heterocycles. The molecule has 2 aromatic heterocycles. The van der Waals surface area contributed by atoms with Gasteiger partial charge in [-0.2, -0.15) is 0 Å². The predicted octanol–water partition coefficient (Wildman–Crippen LogP) is 1.45. The highest BCUT2D eigenvalue weighted by molar-refractivity contribution is 5.93. The van der Waals surface area contributed by atoms with Crippen LogP contribution in [0.2, 0.25) is 0 Å². The van der Waals surface area contributed by atoms with Crippen molar-refractivity contribution in [2.75, 3.05) is 5.32 Å². The Hall–Kier alpha value is -2.57.